The molecule has 0 aliphatic heterocycles. The summed E-state index contributed by atoms with van der Waals surface area (Å²) in [6.45, 7) is 28.8. The summed E-state index contributed by atoms with van der Waals surface area (Å²) in [5, 5.41) is 8.75. The molecule has 90 heavy (non-hydrogen) atoms. The maximum Gasteiger partial charge on any atom is 0.316 e. The van der Waals surface area contributed by atoms with Crippen LogP contribution in [0.2, 0.25) is 0 Å². The van der Waals surface area contributed by atoms with Crippen LogP contribution in [0.25, 0.3) is 43.1 Å². The van der Waals surface area contributed by atoms with Crippen molar-refractivity contribution in [2.75, 3.05) is 0 Å². The van der Waals surface area contributed by atoms with Gasteiger partial charge in [-0.05, 0) is 217 Å². The maximum atomic E-state index is 12.5. The Morgan fingerprint density at radius 1 is 0.433 bits per heavy atom. The Balaban J connectivity index is 0.000000149. The average molecular weight is 1220 g/mol. The van der Waals surface area contributed by atoms with Crippen molar-refractivity contribution in [3.8, 4) is 5.75 Å². The predicted molar refractivity (Wildman–Crippen MR) is 370 cm³/mol. The van der Waals surface area contributed by atoms with Crippen LogP contribution in [0.4, 0.5) is 0 Å². The zero-order valence-electron chi connectivity index (χ0n) is 56.5. The second-order valence-electron chi connectivity index (χ2n) is 28.5. The number of ether oxygens (including phenoxy) is 4. The van der Waals surface area contributed by atoms with Gasteiger partial charge in [0.2, 0.25) is 0 Å². The molecule has 4 aliphatic rings. The third-order valence-corrected chi connectivity index (χ3v) is 21.0. The van der Waals surface area contributed by atoms with E-state index in [2.05, 4.69) is 87.5 Å². The number of rotatable bonds is 16. The van der Waals surface area contributed by atoms with E-state index in [4.69, 9.17) is 18.9 Å². The fourth-order valence-electron chi connectivity index (χ4n) is 13.4. The van der Waals surface area contributed by atoms with Crippen molar-refractivity contribution in [1.82, 2.24) is 0 Å². The van der Waals surface area contributed by atoms with Crippen LogP contribution in [0, 0.1) is 57.2 Å². The van der Waals surface area contributed by atoms with Gasteiger partial charge in [0.05, 0.1) is 21.7 Å². The van der Waals surface area contributed by atoms with Crippen LogP contribution < -0.4 is 4.74 Å². The zero-order valence-corrected chi connectivity index (χ0v) is 56.5. The smallest absolute Gasteiger partial charge is 0.316 e. The summed E-state index contributed by atoms with van der Waals surface area (Å²) in [6.07, 6.45) is 11.6. The molecule has 4 aliphatic carbocycles. The van der Waals surface area contributed by atoms with Crippen LogP contribution in [-0.2, 0) is 46.6 Å². The summed E-state index contributed by atoms with van der Waals surface area (Å²) < 4.78 is 22.7. The molecule has 4 bridgehead atoms. The second kappa shape index (κ2) is 30.2. The van der Waals surface area contributed by atoms with Gasteiger partial charge in [0.1, 0.15) is 25.1 Å². The Morgan fingerprint density at radius 3 is 1.31 bits per heavy atom. The van der Waals surface area contributed by atoms with Gasteiger partial charge in [0.25, 0.3) is 0 Å². The number of fused-ring (bicyclic) bond motifs is 13. The Labute approximate surface area is 538 Å². The second-order valence-corrected chi connectivity index (χ2v) is 28.5. The third-order valence-electron chi connectivity index (χ3n) is 21.0. The predicted octanol–water partition coefficient (Wildman–Crippen LogP) is 21.2. The van der Waals surface area contributed by atoms with Crippen molar-refractivity contribution in [1.29, 1.82) is 0 Å². The minimum atomic E-state index is -0.488. The lowest BCUT2D eigenvalue weighted by Crippen LogP contribution is -2.39. The Morgan fingerprint density at radius 2 is 0.833 bits per heavy atom. The molecule has 0 amide bonds. The van der Waals surface area contributed by atoms with Crippen molar-refractivity contribution in [3.63, 3.8) is 0 Å². The van der Waals surface area contributed by atoms with Crippen LogP contribution in [-0.4, -0.2) is 30.0 Å². The Bertz CT molecular complexity index is 3580. The number of carbonyl (C=O) groups excluding carboxylic acids is 4. The van der Waals surface area contributed by atoms with E-state index in [1.807, 2.05) is 179 Å². The first-order chi connectivity index (χ1) is 43.0. The van der Waals surface area contributed by atoms with Gasteiger partial charge >= 0.3 is 23.9 Å². The highest BCUT2D eigenvalue weighted by Crippen LogP contribution is 2.68. The van der Waals surface area contributed by atoms with E-state index in [-0.39, 0.29) is 40.8 Å². The molecular weight excluding hydrogens is 1110 g/mol. The maximum absolute atomic E-state index is 12.5. The Kier molecular flexibility index (Phi) is 23.0. The molecule has 8 nitrogen and oxygen atoms in total. The molecular formula is C82H102O8. The molecule has 12 rings (SSSR count). The van der Waals surface area contributed by atoms with E-state index < -0.39 is 10.8 Å². The molecule has 0 saturated heterocycles. The minimum Gasteiger partial charge on any atom is -0.462 e. The number of carbonyl (C=O) groups is 4. The summed E-state index contributed by atoms with van der Waals surface area (Å²) in [7, 11) is 0. The van der Waals surface area contributed by atoms with Crippen LogP contribution in [0.5, 0.6) is 5.75 Å². The quantitative estimate of drug-likeness (QED) is 0.0310. The van der Waals surface area contributed by atoms with E-state index in [1.165, 1.54) is 54.9 Å². The highest BCUT2D eigenvalue weighted by molar-refractivity contribution is 6.07. The molecule has 0 radical (unpaired) electrons. The van der Waals surface area contributed by atoms with Crippen molar-refractivity contribution < 1.29 is 38.1 Å². The molecule has 0 spiro atoms. The summed E-state index contributed by atoms with van der Waals surface area (Å²) in [6, 6.07) is 57.2. The van der Waals surface area contributed by atoms with Gasteiger partial charge < -0.3 is 18.9 Å². The molecule has 8 heteroatoms. The first-order valence-corrected chi connectivity index (χ1v) is 33.6. The summed E-state index contributed by atoms with van der Waals surface area (Å²) in [5.41, 5.74) is 1.94. The molecule has 0 N–H and O–H groups in total. The van der Waals surface area contributed by atoms with Crippen LogP contribution >= 0.6 is 0 Å². The standard InChI is InChI=1S/C21H22O2.C20H20O2.C18H28O2.C13H18O2.C10H14/c1-4-21(2,3)20(22)23-14-19-17-11-7-5-9-15(17)13-16-10-6-8-12-18(16)19;1-4-20(2,3)19(21)22-18-16-11-7-5-9-14(16)13-15-10-6-8-12-17(15)18;1-4-18(2,3)17(19)20-14-9-12-8-13(14)16-11-6-5-10(7-11)15(12)16;1-4-13(2,3)12(14)15-10-11-8-6-5-7-9-11;1-3-9(2)10-7-5-4-6-8-10/h5-13H,4,14H2,1-3H3;5-13H,4H2,1-3H3;10-16H,4-9H2,1-3H3;5-9H,4,10H2,1-3H3;4-9H,3H2,1-2H3. The SMILES string of the molecule is CCC(C)(C)C(=O)OC1CC2CC1C1C3CCC(C3)C21.CCC(C)(C)C(=O)OCc1c2ccccc2cc2ccccc12.CCC(C)(C)C(=O)OCc1ccccc1.CCC(C)(C)C(=O)Oc1c2ccccc2cc2ccccc12.CCC(C)c1ccccc1. The molecule has 8 aromatic carbocycles. The Hall–Kier alpha value is -7.32. The molecule has 8 aromatic rings. The molecule has 8 unspecified atom stereocenters. The van der Waals surface area contributed by atoms with Gasteiger partial charge in [-0.1, -0.05) is 199 Å². The van der Waals surface area contributed by atoms with Crippen molar-refractivity contribution in [2.45, 2.75) is 186 Å². The van der Waals surface area contributed by atoms with E-state index in [0.29, 0.717) is 30.8 Å². The van der Waals surface area contributed by atoms with Gasteiger partial charge in [-0.3, -0.25) is 19.2 Å². The first-order valence-electron chi connectivity index (χ1n) is 33.6. The normalized spacial score (nSPS) is 20.0. The molecule has 0 aromatic heterocycles. The molecule has 4 saturated carbocycles. The van der Waals surface area contributed by atoms with Gasteiger partial charge in [0.15, 0.2) is 0 Å². The highest BCUT2D eigenvalue weighted by atomic mass is 16.6. The zero-order chi connectivity index (χ0) is 65.0. The third kappa shape index (κ3) is 16.2. The van der Waals surface area contributed by atoms with Gasteiger partial charge in [-0.2, -0.15) is 0 Å². The van der Waals surface area contributed by atoms with E-state index in [1.54, 1.807) is 0 Å². The van der Waals surface area contributed by atoms with E-state index >= 15 is 0 Å². The molecule has 8 atom stereocenters. The van der Waals surface area contributed by atoms with Gasteiger partial charge in [-0.25, -0.2) is 0 Å². The number of esters is 4. The highest BCUT2D eigenvalue weighted by Gasteiger charge is 2.63. The van der Waals surface area contributed by atoms with Crippen LogP contribution in [0.3, 0.4) is 0 Å². The summed E-state index contributed by atoms with van der Waals surface area (Å²) >= 11 is 0. The average Bonchev–Trinajstić information content (AvgIpc) is 1.55. The molecule has 478 valence electrons. The lowest BCUT2D eigenvalue weighted by Gasteiger charge is -2.39. The lowest BCUT2D eigenvalue weighted by molar-refractivity contribution is -0.164. The number of hydrogen-bond acceptors (Lipinski definition) is 8. The van der Waals surface area contributed by atoms with Crippen LogP contribution in [0.15, 0.2) is 170 Å². The largest absolute Gasteiger partial charge is 0.462 e. The first kappa shape index (κ1) is 68.6. The van der Waals surface area contributed by atoms with E-state index in [9.17, 15) is 19.2 Å². The molecule has 0 heterocycles. The van der Waals surface area contributed by atoms with Crippen molar-refractivity contribution >= 4 is 67.0 Å². The molecule has 4 fully saturated rings. The van der Waals surface area contributed by atoms with E-state index in [0.717, 1.165) is 98.7 Å². The van der Waals surface area contributed by atoms with Gasteiger partial charge in [0, 0.05) is 16.3 Å². The van der Waals surface area contributed by atoms with Crippen molar-refractivity contribution in [2.24, 2.45) is 57.2 Å². The fraction of sp³-hybridized carbons (Fsp3) is 0.463. The van der Waals surface area contributed by atoms with Crippen molar-refractivity contribution in [3.05, 3.63) is 187 Å². The topological polar surface area (TPSA) is 105 Å². The number of hydrogen-bond donors (Lipinski definition) is 0. The fourth-order valence-corrected chi connectivity index (χ4v) is 13.4. The minimum absolute atomic E-state index is 0.0391. The summed E-state index contributed by atoms with van der Waals surface area (Å²) in [4.78, 5) is 48.9. The summed E-state index contributed by atoms with van der Waals surface area (Å²) in [5.74, 6) is 6.47. The lowest BCUT2D eigenvalue weighted by atomic mass is 9.70. The van der Waals surface area contributed by atoms with Gasteiger partial charge in [-0.15, -0.1) is 0 Å². The van der Waals surface area contributed by atoms with Crippen LogP contribution in [0.1, 0.15) is 184 Å². The monoisotopic (exact) mass is 1210 g/mol. The number of benzene rings is 8.